The predicted molar refractivity (Wildman–Crippen MR) is 43.4 cm³/mol. The monoisotopic (exact) mass is 190 g/mol. The van der Waals surface area contributed by atoms with Gasteiger partial charge in [0.2, 0.25) is 5.78 Å². The van der Waals surface area contributed by atoms with Gasteiger partial charge in [0.1, 0.15) is 5.75 Å². The number of hydrogen-bond acceptors (Lipinski definition) is 4. The Morgan fingerprint density at radius 3 is 2.75 bits per heavy atom. The first-order chi connectivity index (χ1) is 5.49. The molecule has 0 saturated carbocycles. The van der Waals surface area contributed by atoms with Gasteiger partial charge in [0.25, 0.3) is 0 Å². The number of hydrogen-bond donors (Lipinski definition) is 0. The van der Waals surface area contributed by atoms with Gasteiger partial charge in [0.05, 0.1) is 6.61 Å². The Labute approximate surface area is 71.1 Å². The molecule has 0 unspecified atom stereocenters. The van der Waals surface area contributed by atoms with Gasteiger partial charge in [-0.1, -0.05) is 0 Å². The number of allylic oxidation sites excluding steroid dienone is 1. The minimum Gasteiger partial charge on any atom is -0.490 e. The third-order valence-corrected chi connectivity index (χ3v) is 2.16. The molecule has 4 nitrogen and oxygen atoms in total. The Bertz CT molecular complexity index is 312. The third kappa shape index (κ3) is 2.65. The SMILES string of the molecule is CS(=O)(=O)CC(=O)C1=CCCO1. The lowest BCUT2D eigenvalue weighted by Crippen LogP contribution is -2.16. The van der Waals surface area contributed by atoms with Gasteiger partial charge in [-0.05, 0) is 6.08 Å². The zero-order valence-corrected chi connectivity index (χ0v) is 7.56. The average molecular weight is 190 g/mol. The molecule has 0 fully saturated rings. The lowest BCUT2D eigenvalue weighted by Gasteiger charge is -2.00. The summed E-state index contributed by atoms with van der Waals surface area (Å²) in [6, 6.07) is 0. The molecule has 1 aliphatic heterocycles. The number of carbonyl (C=O) groups is 1. The Morgan fingerprint density at radius 2 is 2.33 bits per heavy atom. The van der Waals surface area contributed by atoms with Crippen LogP contribution in [0.2, 0.25) is 0 Å². The maximum absolute atomic E-state index is 11.1. The van der Waals surface area contributed by atoms with E-state index in [4.69, 9.17) is 4.74 Å². The van der Waals surface area contributed by atoms with Crippen molar-refractivity contribution >= 4 is 15.6 Å². The summed E-state index contributed by atoms with van der Waals surface area (Å²) in [5, 5.41) is 0. The lowest BCUT2D eigenvalue weighted by molar-refractivity contribution is -0.116. The Kier molecular flexibility index (Phi) is 2.52. The highest BCUT2D eigenvalue weighted by Crippen LogP contribution is 2.10. The fourth-order valence-corrected chi connectivity index (χ4v) is 1.54. The third-order valence-electron chi connectivity index (χ3n) is 1.37. The van der Waals surface area contributed by atoms with Crippen LogP contribution in [-0.2, 0) is 19.4 Å². The quantitative estimate of drug-likeness (QED) is 0.623. The second-order valence-electron chi connectivity index (χ2n) is 2.70. The van der Waals surface area contributed by atoms with Crippen molar-refractivity contribution in [3.63, 3.8) is 0 Å². The molecule has 0 amide bonds. The van der Waals surface area contributed by atoms with Crippen molar-refractivity contribution in [2.75, 3.05) is 18.6 Å². The lowest BCUT2D eigenvalue weighted by atomic mass is 10.3. The van der Waals surface area contributed by atoms with E-state index in [0.29, 0.717) is 13.0 Å². The van der Waals surface area contributed by atoms with Crippen molar-refractivity contribution < 1.29 is 17.9 Å². The van der Waals surface area contributed by atoms with E-state index in [2.05, 4.69) is 0 Å². The maximum atomic E-state index is 11.1. The van der Waals surface area contributed by atoms with Crippen LogP contribution >= 0.6 is 0 Å². The smallest absolute Gasteiger partial charge is 0.211 e. The van der Waals surface area contributed by atoms with E-state index >= 15 is 0 Å². The standard InChI is InChI=1S/C7H10O4S/c1-12(9,10)5-6(8)7-3-2-4-11-7/h3H,2,4-5H2,1H3. The highest BCUT2D eigenvalue weighted by Gasteiger charge is 2.19. The number of sulfone groups is 1. The average Bonchev–Trinajstić information content (AvgIpc) is 2.32. The largest absolute Gasteiger partial charge is 0.490 e. The minimum absolute atomic E-state index is 0.195. The maximum Gasteiger partial charge on any atom is 0.211 e. The van der Waals surface area contributed by atoms with Gasteiger partial charge in [-0.3, -0.25) is 4.79 Å². The van der Waals surface area contributed by atoms with Crippen LogP contribution in [0.4, 0.5) is 0 Å². The van der Waals surface area contributed by atoms with Crippen molar-refractivity contribution in [3.05, 3.63) is 11.8 Å². The molecule has 0 radical (unpaired) electrons. The van der Waals surface area contributed by atoms with Crippen LogP contribution in [0.3, 0.4) is 0 Å². The zero-order valence-electron chi connectivity index (χ0n) is 6.74. The number of Topliss-reactive ketones (excluding diaryl/α,β-unsaturated/α-hetero) is 1. The van der Waals surface area contributed by atoms with Crippen LogP contribution in [0.5, 0.6) is 0 Å². The summed E-state index contributed by atoms with van der Waals surface area (Å²) in [5.74, 6) is -0.714. The van der Waals surface area contributed by atoms with Crippen LogP contribution < -0.4 is 0 Å². The van der Waals surface area contributed by atoms with Gasteiger partial charge in [-0.25, -0.2) is 8.42 Å². The Morgan fingerprint density at radius 1 is 1.67 bits per heavy atom. The molecule has 0 bridgehead atoms. The molecule has 1 heterocycles. The fourth-order valence-electron chi connectivity index (χ4n) is 0.921. The van der Waals surface area contributed by atoms with Crippen molar-refractivity contribution in [3.8, 4) is 0 Å². The summed E-state index contributed by atoms with van der Waals surface area (Å²) >= 11 is 0. The van der Waals surface area contributed by atoms with Crippen LogP contribution in [0.1, 0.15) is 6.42 Å². The van der Waals surface area contributed by atoms with Crippen LogP contribution in [0.25, 0.3) is 0 Å². The first-order valence-corrected chi connectivity index (χ1v) is 5.59. The van der Waals surface area contributed by atoms with E-state index in [1.54, 1.807) is 6.08 Å². The predicted octanol–water partition coefficient (Wildman–Crippen LogP) is -0.0957. The highest BCUT2D eigenvalue weighted by molar-refractivity contribution is 7.91. The first-order valence-electron chi connectivity index (χ1n) is 3.53. The van der Waals surface area contributed by atoms with E-state index in [-0.39, 0.29) is 5.76 Å². The molecule has 0 aromatic rings. The summed E-state index contributed by atoms with van der Waals surface area (Å²) < 4.78 is 26.3. The van der Waals surface area contributed by atoms with Gasteiger partial charge in [-0.15, -0.1) is 0 Å². The number of ketones is 1. The summed E-state index contributed by atoms with van der Waals surface area (Å²) in [6.07, 6.45) is 3.33. The first kappa shape index (κ1) is 9.25. The van der Waals surface area contributed by atoms with Crippen molar-refractivity contribution in [1.82, 2.24) is 0 Å². The summed E-state index contributed by atoms with van der Waals surface area (Å²) in [7, 11) is -3.23. The molecule has 1 rings (SSSR count). The molecular formula is C7H10O4S. The molecular weight excluding hydrogens is 180 g/mol. The second kappa shape index (κ2) is 3.26. The highest BCUT2D eigenvalue weighted by atomic mass is 32.2. The van der Waals surface area contributed by atoms with Gasteiger partial charge >= 0.3 is 0 Å². The molecule has 0 aromatic carbocycles. The van der Waals surface area contributed by atoms with Crippen molar-refractivity contribution in [2.24, 2.45) is 0 Å². The summed E-state index contributed by atoms with van der Waals surface area (Å²) in [6.45, 7) is 0.477. The van der Waals surface area contributed by atoms with E-state index in [9.17, 15) is 13.2 Å². The molecule has 12 heavy (non-hydrogen) atoms. The van der Waals surface area contributed by atoms with E-state index in [0.717, 1.165) is 6.26 Å². The molecule has 0 aliphatic carbocycles. The van der Waals surface area contributed by atoms with Crippen LogP contribution in [0.15, 0.2) is 11.8 Å². The fraction of sp³-hybridized carbons (Fsp3) is 0.571. The minimum atomic E-state index is -3.23. The van der Waals surface area contributed by atoms with Crippen LogP contribution in [0, 0.1) is 0 Å². The number of carbonyl (C=O) groups excluding carboxylic acids is 1. The molecule has 1 aliphatic rings. The van der Waals surface area contributed by atoms with Gasteiger partial charge in [-0.2, -0.15) is 0 Å². The van der Waals surface area contributed by atoms with Crippen molar-refractivity contribution in [1.29, 1.82) is 0 Å². The van der Waals surface area contributed by atoms with Gasteiger partial charge < -0.3 is 4.74 Å². The van der Waals surface area contributed by atoms with Crippen LogP contribution in [-0.4, -0.2) is 32.8 Å². The number of ether oxygens (including phenoxy) is 1. The molecule has 0 spiro atoms. The van der Waals surface area contributed by atoms with Gasteiger partial charge in [0, 0.05) is 12.7 Å². The van der Waals surface area contributed by atoms with E-state index in [1.807, 2.05) is 0 Å². The number of rotatable bonds is 3. The second-order valence-corrected chi connectivity index (χ2v) is 4.84. The molecule has 68 valence electrons. The zero-order chi connectivity index (χ0) is 9.19. The van der Waals surface area contributed by atoms with Gasteiger partial charge in [0.15, 0.2) is 15.6 Å². The Hall–Kier alpha value is -0.840. The normalized spacial score (nSPS) is 16.9. The molecule has 0 aromatic heterocycles. The molecule has 0 saturated heterocycles. The van der Waals surface area contributed by atoms with E-state index < -0.39 is 21.4 Å². The van der Waals surface area contributed by atoms with E-state index in [1.165, 1.54) is 0 Å². The summed E-state index contributed by atoms with van der Waals surface area (Å²) in [5.41, 5.74) is 0. The molecule has 5 heteroatoms. The summed E-state index contributed by atoms with van der Waals surface area (Å²) in [4.78, 5) is 11.1. The van der Waals surface area contributed by atoms with Crippen molar-refractivity contribution in [2.45, 2.75) is 6.42 Å². The topological polar surface area (TPSA) is 60.4 Å². The molecule has 0 N–H and O–H groups in total. The molecule has 0 atom stereocenters. The Balaban J connectivity index is 2.60.